The molecule has 0 aliphatic carbocycles. The van der Waals surface area contributed by atoms with Crippen LogP contribution in [0.25, 0.3) is 0 Å². The minimum atomic E-state index is -3.65. The largest absolute Gasteiger partial charge is 0.379 e. The van der Waals surface area contributed by atoms with E-state index >= 15 is 0 Å². The van der Waals surface area contributed by atoms with Crippen LogP contribution >= 0.6 is 0 Å². The summed E-state index contributed by atoms with van der Waals surface area (Å²) < 4.78 is 30.6. The monoisotopic (exact) mass is 354 g/mol. The summed E-state index contributed by atoms with van der Waals surface area (Å²) in [5.74, 6) is -1.48. The summed E-state index contributed by atoms with van der Waals surface area (Å²) in [6, 6.07) is 8.71. The molecular formula is C16H22N2O5S. The van der Waals surface area contributed by atoms with Crippen LogP contribution in [0.1, 0.15) is 12.0 Å². The molecule has 1 aliphatic heterocycles. The van der Waals surface area contributed by atoms with E-state index < -0.39 is 27.0 Å². The predicted molar refractivity (Wildman–Crippen MR) is 88.9 cm³/mol. The second-order valence-electron chi connectivity index (χ2n) is 5.88. The van der Waals surface area contributed by atoms with Crippen molar-refractivity contribution in [2.24, 2.45) is 5.73 Å². The number of carbonyl (C=O) groups is 2. The van der Waals surface area contributed by atoms with Crippen LogP contribution in [0.5, 0.6) is 0 Å². The van der Waals surface area contributed by atoms with Crippen LogP contribution in [-0.2, 0) is 29.9 Å². The van der Waals surface area contributed by atoms with Gasteiger partial charge in [-0.2, -0.15) is 0 Å². The summed E-state index contributed by atoms with van der Waals surface area (Å²) in [5.41, 5.74) is 4.64. The van der Waals surface area contributed by atoms with Crippen LogP contribution in [0.3, 0.4) is 0 Å². The number of sulfone groups is 1. The minimum Gasteiger partial charge on any atom is -0.379 e. The van der Waals surface area contributed by atoms with Gasteiger partial charge in [-0.1, -0.05) is 30.3 Å². The molecule has 0 aromatic heterocycles. The molecule has 1 fully saturated rings. The number of nitrogens with zero attached hydrogens (tertiary/aromatic N) is 1. The van der Waals surface area contributed by atoms with E-state index in [0.29, 0.717) is 38.2 Å². The first-order chi connectivity index (χ1) is 11.4. The van der Waals surface area contributed by atoms with Crippen molar-refractivity contribution in [1.29, 1.82) is 0 Å². The number of primary amides is 1. The van der Waals surface area contributed by atoms with Crippen molar-refractivity contribution in [3.05, 3.63) is 35.9 Å². The molecular weight excluding hydrogens is 332 g/mol. The maximum atomic E-state index is 12.7. The zero-order valence-corrected chi connectivity index (χ0v) is 14.2. The molecule has 132 valence electrons. The molecule has 1 unspecified atom stereocenters. The fourth-order valence-corrected chi connectivity index (χ4v) is 4.95. The Morgan fingerprint density at radius 3 is 2.42 bits per heavy atom. The molecule has 0 spiro atoms. The van der Waals surface area contributed by atoms with Crippen LogP contribution in [0.4, 0.5) is 0 Å². The predicted octanol–water partition coefficient (Wildman–Crippen LogP) is -0.253. The second kappa shape index (κ2) is 7.87. The van der Waals surface area contributed by atoms with Crippen molar-refractivity contribution in [3.63, 3.8) is 0 Å². The SMILES string of the molecule is NC(=O)C(CC=O)(CS(=O)(=O)Cc1ccccc1)N1CCOCC1. The van der Waals surface area contributed by atoms with Gasteiger partial charge in [0.15, 0.2) is 9.84 Å². The average Bonchev–Trinajstić information content (AvgIpc) is 2.55. The molecule has 0 radical (unpaired) electrons. The van der Waals surface area contributed by atoms with E-state index in [1.165, 1.54) is 0 Å². The molecule has 8 heteroatoms. The third-order valence-corrected chi connectivity index (χ3v) is 5.87. The van der Waals surface area contributed by atoms with Gasteiger partial charge in [-0.25, -0.2) is 8.42 Å². The number of morpholine rings is 1. The number of amides is 1. The quantitative estimate of drug-likeness (QED) is 0.645. The summed E-state index contributed by atoms with van der Waals surface area (Å²) in [6.07, 6.45) is 0.300. The molecule has 7 nitrogen and oxygen atoms in total. The van der Waals surface area contributed by atoms with Crippen LogP contribution in [0.2, 0.25) is 0 Å². The molecule has 1 atom stereocenters. The number of aldehydes is 1. The van der Waals surface area contributed by atoms with Crippen molar-refractivity contribution < 1.29 is 22.7 Å². The standard InChI is InChI=1S/C16H22N2O5S/c17-15(20)16(6-9-19,18-7-10-23-11-8-18)13-24(21,22)12-14-4-2-1-3-5-14/h1-5,9H,6-8,10-13H2,(H2,17,20). The zero-order valence-electron chi connectivity index (χ0n) is 13.4. The van der Waals surface area contributed by atoms with Crippen molar-refractivity contribution in [1.82, 2.24) is 4.90 Å². The molecule has 1 saturated heterocycles. The van der Waals surface area contributed by atoms with E-state index in [1.807, 2.05) is 0 Å². The maximum Gasteiger partial charge on any atom is 0.239 e. The first-order valence-corrected chi connectivity index (χ1v) is 9.52. The summed E-state index contributed by atoms with van der Waals surface area (Å²) in [4.78, 5) is 25.0. The summed E-state index contributed by atoms with van der Waals surface area (Å²) in [7, 11) is -3.65. The molecule has 0 bridgehead atoms. The summed E-state index contributed by atoms with van der Waals surface area (Å²) >= 11 is 0. The lowest BCUT2D eigenvalue weighted by molar-refractivity contribution is -0.135. The van der Waals surface area contributed by atoms with Crippen LogP contribution < -0.4 is 5.73 Å². The Labute approximate surface area is 141 Å². The van der Waals surface area contributed by atoms with Crippen molar-refractivity contribution in [2.45, 2.75) is 17.7 Å². The number of hydrogen-bond donors (Lipinski definition) is 1. The lowest BCUT2D eigenvalue weighted by Crippen LogP contribution is -2.64. The first-order valence-electron chi connectivity index (χ1n) is 7.70. The highest BCUT2D eigenvalue weighted by atomic mass is 32.2. The average molecular weight is 354 g/mol. The zero-order chi connectivity index (χ0) is 17.6. The second-order valence-corrected chi connectivity index (χ2v) is 7.95. The van der Waals surface area contributed by atoms with Crippen molar-refractivity contribution in [2.75, 3.05) is 32.1 Å². The smallest absolute Gasteiger partial charge is 0.239 e. The van der Waals surface area contributed by atoms with Crippen LogP contribution in [0.15, 0.2) is 30.3 Å². The summed E-state index contributed by atoms with van der Waals surface area (Å²) in [5, 5.41) is 0. The Kier molecular flexibility index (Phi) is 6.09. The summed E-state index contributed by atoms with van der Waals surface area (Å²) in [6.45, 7) is 1.45. The Morgan fingerprint density at radius 2 is 1.88 bits per heavy atom. The molecule has 1 aliphatic rings. The van der Waals surface area contributed by atoms with E-state index in [1.54, 1.807) is 35.2 Å². The highest BCUT2D eigenvalue weighted by Crippen LogP contribution is 2.24. The fraction of sp³-hybridized carbons (Fsp3) is 0.500. The lowest BCUT2D eigenvalue weighted by Gasteiger charge is -2.42. The van der Waals surface area contributed by atoms with Gasteiger partial charge in [-0.05, 0) is 5.56 Å². The number of ether oxygens (including phenoxy) is 1. The van der Waals surface area contributed by atoms with Crippen molar-refractivity contribution >= 4 is 22.0 Å². The van der Waals surface area contributed by atoms with Gasteiger partial charge in [0.05, 0.1) is 24.7 Å². The Balaban J connectivity index is 2.29. The number of hydrogen-bond acceptors (Lipinski definition) is 6. The fourth-order valence-electron chi connectivity index (χ4n) is 2.98. The van der Waals surface area contributed by atoms with E-state index in [2.05, 4.69) is 0 Å². The number of benzene rings is 1. The van der Waals surface area contributed by atoms with Gasteiger partial charge in [0.1, 0.15) is 11.8 Å². The van der Waals surface area contributed by atoms with E-state index in [4.69, 9.17) is 10.5 Å². The van der Waals surface area contributed by atoms with Gasteiger partial charge in [0, 0.05) is 19.5 Å². The highest BCUT2D eigenvalue weighted by Gasteiger charge is 2.46. The van der Waals surface area contributed by atoms with E-state index in [0.717, 1.165) is 0 Å². The maximum absolute atomic E-state index is 12.7. The van der Waals surface area contributed by atoms with Crippen LogP contribution in [0, 0.1) is 0 Å². The van der Waals surface area contributed by atoms with Gasteiger partial charge in [-0.3, -0.25) is 9.69 Å². The normalized spacial score (nSPS) is 18.7. The van der Waals surface area contributed by atoms with Gasteiger partial charge < -0.3 is 15.3 Å². The lowest BCUT2D eigenvalue weighted by atomic mass is 9.94. The Morgan fingerprint density at radius 1 is 1.25 bits per heavy atom. The molecule has 2 N–H and O–H groups in total. The molecule has 1 aromatic carbocycles. The van der Waals surface area contributed by atoms with Gasteiger partial charge >= 0.3 is 0 Å². The van der Waals surface area contributed by atoms with Crippen LogP contribution in [-0.4, -0.2) is 63.1 Å². The minimum absolute atomic E-state index is 0.202. The first kappa shape index (κ1) is 18.6. The molecule has 24 heavy (non-hydrogen) atoms. The van der Waals surface area contributed by atoms with Gasteiger partial charge in [0.25, 0.3) is 0 Å². The third-order valence-electron chi connectivity index (χ3n) is 4.18. The molecule has 2 rings (SSSR count). The van der Waals surface area contributed by atoms with E-state index in [9.17, 15) is 18.0 Å². The van der Waals surface area contributed by atoms with Gasteiger partial charge in [0.2, 0.25) is 5.91 Å². The molecule has 1 amide bonds. The Hall–Kier alpha value is -1.77. The topological polar surface area (TPSA) is 107 Å². The molecule has 0 saturated carbocycles. The van der Waals surface area contributed by atoms with Gasteiger partial charge in [-0.15, -0.1) is 0 Å². The number of nitrogens with two attached hydrogens (primary N) is 1. The Bertz CT molecular complexity index is 671. The third kappa shape index (κ3) is 4.40. The molecule has 1 heterocycles. The van der Waals surface area contributed by atoms with Crippen molar-refractivity contribution in [3.8, 4) is 0 Å². The van der Waals surface area contributed by atoms with E-state index in [-0.39, 0.29) is 12.2 Å². The highest BCUT2D eigenvalue weighted by molar-refractivity contribution is 7.90. The molecule has 1 aromatic rings. The number of rotatable bonds is 8. The number of carbonyl (C=O) groups excluding carboxylic acids is 2.